The van der Waals surface area contributed by atoms with Gasteiger partial charge < -0.3 is 0 Å². The second kappa shape index (κ2) is 4.39. The van der Waals surface area contributed by atoms with Crippen LogP contribution in [-0.4, -0.2) is 11.6 Å². The van der Waals surface area contributed by atoms with Crippen molar-refractivity contribution in [1.82, 2.24) is 0 Å². The molecule has 0 saturated heterocycles. The van der Waals surface area contributed by atoms with Gasteiger partial charge in [-0.2, -0.15) is 0 Å². The van der Waals surface area contributed by atoms with Crippen LogP contribution in [0, 0.1) is 20.8 Å². The predicted octanol–water partition coefficient (Wildman–Crippen LogP) is 2.77. The SMILES string of the molecule is CCC(=O)C(=O)c1cc(C)cc(C)c1C. The average molecular weight is 204 g/mol. The molecule has 80 valence electrons. The van der Waals surface area contributed by atoms with Gasteiger partial charge in [0.05, 0.1) is 0 Å². The van der Waals surface area contributed by atoms with Crippen molar-refractivity contribution in [2.24, 2.45) is 0 Å². The number of benzene rings is 1. The van der Waals surface area contributed by atoms with Crippen LogP contribution in [0.15, 0.2) is 12.1 Å². The highest BCUT2D eigenvalue weighted by Crippen LogP contribution is 2.17. The fourth-order valence-corrected chi connectivity index (χ4v) is 1.59. The van der Waals surface area contributed by atoms with Crippen LogP contribution in [0.25, 0.3) is 0 Å². The normalized spacial score (nSPS) is 10.1. The summed E-state index contributed by atoms with van der Waals surface area (Å²) in [5.74, 6) is -0.676. The van der Waals surface area contributed by atoms with E-state index in [1.54, 1.807) is 13.0 Å². The van der Waals surface area contributed by atoms with Crippen LogP contribution in [0.4, 0.5) is 0 Å². The van der Waals surface area contributed by atoms with Crippen LogP contribution in [0.1, 0.15) is 40.4 Å². The minimum Gasteiger partial charge on any atom is -0.290 e. The molecule has 0 aliphatic carbocycles. The molecule has 0 spiro atoms. The molecular weight excluding hydrogens is 188 g/mol. The van der Waals surface area contributed by atoms with Crippen LogP contribution in [0.3, 0.4) is 0 Å². The number of aryl methyl sites for hydroxylation is 2. The van der Waals surface area contributed by atoms with Gasteiger partial charge in [-0.25, -0.2) is 0 Å². The standard InChI is InChI=1S/C13H16O2/c1-5-12(14)13(15)11-7-8(2)6-9(3)10(11)4/h6-7H,5H2,1-4H3. The zero-order chi connectivity index (χ0) is 11.6. The smallest absolute Gasteiger partial charge is 0.228 e. The molecule has 15 heavy (non-hydrogen) atoms. The maximum absolute atomic E-state index is 11.8. The number of hydrogen-bond acceptors (Lipinski definition) is 2. The summed E-state index contributed by atoms with van der Waals surface area (Å²) in [6.07, 6.45) is 0.269. The summed E-state index contributed by atoms with van der Waals surface area (Å²) in [4.78, 5) is 23.1. The Morgan fingerprint density at radius 2 is 1.73 bits per heavy atom. The van der Waals surface area contributed by atoms with E-state index in [-0.39, 0.29) is 18.0 Å². The largest absolute Gasteiger partial charge is 0.290 e. The van der Waals surface area contributed by atoms with Gasteiger partial charge in [-0.15, -0.1) is 0 Å². The zero-order valence-corrected chi connectivity index (χ0v) is 9.68. The van der Waals surface area contributed by atoms with E-state index < -0.39 is 0 Å². The fourth-order valence-electron chi connectivity index (χ4n) is 1.59. The summed E-state index contributed by atoms with van der Waals surface area (Å²) >= 11 is 0. The molecule has 0 bridgehead atoms. The monoisotopic (exact) mass is 204 g/mol. The van der Waals surface area contributed by atoms with Gasteiger partial charge in [-0.1, -0.05) is 18.6 Å². The summed E-state index contributed by atoms with van der Waals surface area (Å²) in [6.45, 7) is 7.47. The molecule has 0 atom stereocenters. The van der Waals surface area contributed by atoms with Crippen molar-refractivity contribution in [3.63, 3.8) is 0 Å². The quantitative estimate of drug-likeness (QED) is 0.560. The number of carbonyl (C=O) groups is 2. The second-order valence-electron chi connectivity index (χ2n) is 3.86. The lowest BCUT2D eigenvalue weighted by atomic mass is 9.95. The Morgan fingerprint density at radius 3 is 2.27 bits per heavy atom. The molecule has 0 aliphatic rings. The van der Waals surface area contributed by atoms with Gasteiger partial charge in [0.25, 0.3) is 0 Å². The molecule has 2 nitrogen and oxygen atoms in total. The Kier molecular flexibility index (Phi) is 3.40. The lowest BCUT2D eigenvalue weighted by Crippen LogP contribution is -2.14. The van der Waals surface area contributed by atoms with Gasteiger partial charge >= 0.3 is 0 Å². The number of rotatable bonds is 3. The fraction of sp³-hybridized carbons (Fsp3) is 0.385. The lowest BCUT2D eigenvalue weighted by Gasteiger charge is -2.08. The molecule has 0 saturated carbocycles. The third kappa shape index (κ3) is 2.32. The van der Waals surface area contributed by atoms with E-state index in [9.17, 15) is 9.59 Å². The van der Waals surface area contributed by atoms with E-state index >= 15 is 0 Å². The number of ketones is 2. The van der Waals surface area contributed by atoms with Gasteiger partial charge in [0.2, 0.25) is 11.6 Å². The molecule has 0 radical (unpaired) electrons. The Labute approximate surface area is 90.3 Å². The zero-order valence-electron chi connectivity index (χ0n) is 9.68. The van der Waals surface area contributed by atoms with E-state index in [1.807, 2.05) is 26.8 Å². The first-order valence-electron chi connectivity index (χ1n) is 5.12. The predicted molar refractivity (Wildman–Crippen MR) is 60.3 cm³/mol. The topological polar surface area (TPSA) is 34.1 Å². The molecule has 1 aromatic carbocycles. The molecule has 1 aromatic rings. The lowest BCUT2D eigenvalue weighted by molar-refractivity contribution is -0.114. The van der Waals surface area contributed by atoms with Crippen molar-refractivity contribution in [2.45, 2.75) is 34.1 Å². The van der Waals surface area contributed by atoms with Crippen molar-refractivity contribution in [1.29, 1.82) is 0 Å². The number of Topliss-reactive ketones (excluding diaryl/α,β-unsaturated/α-hetero) is 2. The minimum atomic E-state index is -0.359. The van der Waals surface area contributed by atoms with Crippen LogP contribution in [-0.2, 0) is 4.79 Å². The third-order valence-corrected chi connectivity index (χ3v) is 2.63. The molecule has 0 heterocycles. The molecule has 1 rings (SSSR count). The minimum absolute atomic E-state index is 0.269. The Morgan fingerprint density at radius 1 is 1.13 bits per heavy atom. The van der Waals surface area contributed by atoms with Gasteiger partial charge in [-0.05, 0) is 38.0 Å². The second-order valence-corrected chi connectivity index (χ2v) is 3.86. The molecule has 0 unspecified atom stereocenters. The molecule has 0 fully saturated rings. The average Bonchev–Trinajstić information content (AvgIpc) is 2.21. The summed E-state index contributed by atoms with van der Waals surface area (Å²) in [5.41, 5.74) is 3.54. The molecule has 0 N–H and O–H groups in total. The molecule has 0 amide bonds. The van der Waals surface area contributed by atoms with Crippen LogP contribution in [0.5, 0.6) is 0 Å². The first-order chi connectivity index (χ1) is 6.97. The van der Waals surface area contributed by atoms with Crippen LogP contribution < -0.4 is 0 Å². The first-order valence-corrected chi connectivity index (χ1v) is 5.12. The van der Waals surface area contributed by atoms with E-state index in [0.717, 1.165) is 16.7 Å². The number of hydrogen-bond donors (Lipinski definition) is 0. The van der Waals surface area contributed by atoms with Gasteiger partial charge in [0.15, 0.2) is 0 Å². The van der Waals surface area contributed by atoms with Crippen molar-refractivity contribution < 1.29 is 9.59 Å². The molecular formula is C13H16O2. The van der Waals surface area contributed by atoms with Crippen molar-refractivity contribution in [3.05, 3.63) is 34.4 Å². The van der Waals surface area contributed by atoms with E-state index in [1.165, 1.54) is 0 Å². The molecule has 0 aromatic heterocycles. The van der Waals surface area contributed by atoms with E-state index in [4.69, 9.17) is 0 Å². The molecule has 0 aliphatic heterocycles. The Balaban J connectivity index is 3.25. The van der Waals surface area contributed by atoms with Gasteiger partial charge in [0.1, 0.15) is 0 Å². The highest BCUT2D eigenvalue weighted by Gasteiger charge is 2.17. The molecule has 2 heteroatoms. The highest BCUT2D eigenvalue weighted by atomic mass is 16.2. The Bertz CT molecular complexity index is 417. The maximum atomic E-state index is 11.8. The van der Waals surface area contributed by atoms with E-state index in [0.29, 0.717) is 5.56 Å². The summed E-state index contributed by atoms with van der Waals surface area (Å²) < 4.78 is 0. The highest BCUT2D eigenvalue weighted by molar-refractivity contribution is 6.44. The van der Waals surface area contributed by atoms with Crippen molar-refractivity contribution in [2.75, 3.05) is 0 Å². The summed E-state index contributed by atoms with van der Waals surface area (Å²) in [7, 11) is 0. The maximum Gasteiger partial charge on any atom is 0.228 e. The first kappa shape index (κ1) is 11.6. The van der Waals surface area contributed by atoms with Crippen molar-refractivity contribution >= 4 is 11.6 Å². The number of carbonyl (C=O) groups excluding carboxylic acids is 2. The van der Waals surface area contributed by atoms with Gasteiger partial charge in [0, 0.05) is 12.0 Å². The van der Waals surface area contributed by atoms with Crippen LogP contribution >= 0.6 is 0 Å². The third-order valence-electron chi connectivity index (χ3n) is 2.63. The van der Waals surface area contributed by atoms with Gasteiger partial charge in [-0.3, -0.25) is 9.59 Å². The summed E-state index contributed by atoms with van der Waals surface area (Å²) in [5, 5.41) is 0. The summed E-state index contributed by atoms with van der Waals surface area (Å²) in [6, 6.07) is 3.81. The van der Waals surface area contributed by atoms with Crippen molar-refractivity contribution in [3.8, 4) is 0 Å². The van der Waals surface area contributed by atoms with E-state index in [2.05, 4.69) is 0 Å². The van der Waals surface area contributed by atoms with Crippen LogP contribution in [0.2, 0.25) is 0 Å². The Hall–Kier alpha value is -1.44.